The second-order valence-corrected chi connectivity index (χ2v) is 8.37. The van der Waals surface area contributed by atoms with Crippen LogP contribution in [0.4, 0.5) is 5.82 Å². The molecule has 1 saturated heterocycles. The van der Waals surface area contributed by atoms with E-state index in [1.165, 1.54) is 0 Å². The van der Waals surface area contributed by atoms with Gasteiger partial charge in [-0.1, -0.05) is 0 Å². The number of hydrogen-bond acceptors (Lipinski definition) is 7. The normalized spacial score (nSPS) is 20.8. The fourth-order valence-electron chi connectivity index (χ4n) is 3.37. The average molecular weight is 398 g/mol. The van der Waals surface area contributed by atoms with Crippen LogP contribution in [0.2, 0.25) is 0 Å². The van der Waals surface area contributed by atoms with Crippen LogP contribution < -0.4 is 4.90 Å². The summed E-state index contributed by atoms with van der Waals surface area (Å²) < 4.78 is 26.9. The number of amides is 1. The highest BCUT2D eigenvalue weighted by Crippen LogP contribution is 2.21. The summed E-state index contributed by atoms with van der Waals surface area (Å²) in [6.45, 7) is 2.49. The van der Waals surface area contributed by atoms with Crippen molar-refractivity contribution in [2.45, 2.75) is 0 Å². The molecule has 3 aliphatic rings. The number of nitriles is 1. The summed E-state index contributed by atoms with van der Waals surface area (Å²) in [6, 6.07) is 5.61. The highest BCUT2D eigenvalue weighted by molar-refractivity contribution is 7.90. The van der Waals surface area contributed by atoms with Gasteiger partial charge in [0.05, 0.1) is 16.9 Å². The zero-order valence-electron chi connectivity index (χ0n) is 15.0. The minimum atomic E-state index is -3.41. The van der Waals surface area contributed by atoms with E-state index in [1.54, 1.807) is 46.5 Å². The molecule has 0 atom stereocenters. The fraction of sp³-hybridized carbons (Fsp3) is 0.333. The van der Waals surface area contributed by atoms with Crippen molar-refractivity contribution < 1.29 is 13.2 Å². The molecule has 0 spiro atoms. The van der Waals surface area contributed by atoms with Crippen LogP contribution >= 0.6 is 0 Å². The summed E-state index contributed by atoms with van der Waals surface area (Å²) in [4.78, 5) is 22.6. The van der Waals surface area contributed by atoms with Gasteiger partial charge in [0.25, 0.3) is 15.9 Å². The Morgan fingerprint density at radius 1 is 1.14 bits per heavy atom. The first-order chi connectivity index (χ1) is 13.5. The van der Waals surface area contributed by atoms with E-state index in [-0.39, 0.29) is 18.2 Å². The second kappa shape index (κ2) is 7.09. The van der Waals surface area contributed by atoms with Crippen molar-refractivity contribution in [3.8, 4) is 6.07 Å². The van der Waals surface area contributed by atoms with Crippen molar-refractivity contribution >= 4 is 27.6 Å². The van der Waals surface area contributed by atoms with Crippen molar-refractivity contribution in [1.29, 1.82) is 5.26 Å². The molecular weight excluding hydrogens is 380 g/mol. The van der Waals surface area contributed by atoms with Crippen LogP contribution in [0.1, 0.15) is 5.56 Å². The van der Waals surface area contributed by atoms with Gasteiger partial charge in [0.1, 0.15) is 17.7 Å². The zero-order chi connectivity index (χ0) is 19.7. The highest BCUT2D eigenvalue weighted by Gasteiger charge is 2.28. The predicted octanol–water partition coefficient (Wildman–Crippen LogP) is 0.0995. The molecule has 0 saturated carbocycles. The van der Waals surface area contributed by atoms with Gasteiger partial charge in [0, 0.05) is 45.1 Å². The molecule has 0 aliphatic carbocycles. The molecule has 0 bridgehead atoms. The summed E-state index contributed by atoms with van der Waals surface area (Å²) >= 11 is 0. The van der Waals surface area contributed by atoms with E-state index < -0.39 is 10.0 Å². The van der Waals surface area contributed by atoms with Gasteiger partial charge in [0.2, 0.25) is 0 Å². The molecule has 10 heteroatoms. The summed E-state index contributed by atoms with van der Waals surface area (Å²) in [7, 11) is -3.41. The Kier molecular flexibility index (Phi) is 4.60. The minimum Gasteiger partial charge on any atom is -0.352 e. The maximum absolute atomic E-state index is 12.9. The van der Waals surface area contributed by atoms with Gasteiger partial charge in [-0.3, -0.25) is 4.79 Å². The van der Waals surface area contributed by atoms with Crippen molar-refractivity contribution in [2.75, 3.05) is 43.4 Å². The third kappa shape index (κ3) is 3.48. The number of carbonyl (C=O) groups is 1. The molecular formula is C18H18N6O3S. The molecule has 1 aromatic heterocycles. The molecule has 1 fully saturated rings. The lowest BCUT2D eigenvalue weighted by molar-refractivity contribution is -0.127. The van der Waals surface area contributed by atoms with E-state index in [0.29, 0.717) is 49.0 Å². The number of sulfonamides is 1. The smallest absolute Gasteiger partial charge is 0.256 e. The van der Waals surface area contributed by atoms with E-state index in [1.807, 2.05) is 4.90 Å². The Morgan fingerprint density at radius 3 is 2.68 bits per heavy atom. The predicted molar refractivity (Wildman–Crippen MR) is 103 cm³/mol. The summed E-state index contributed by atoms with van der Waals surface area (Å²) in [5.41, 5.74) is 1.02. The number of aromatic nitrogens is 1. The molecule has 4 heterocycles. The Bertz CT molecular complexity index is 1050. The van der Waals surface area contributed by atoms with Gasteiger partial charge < -0.3 is 14.7 Å². The molecule has 3 aliphatic heterocycles. The number of amidine groups is 1. The third-order valence-corrected chi connectivity index (χ3v) is 6.01. The summed E-state index contributed by atoms with van der Waals surface area (Å²) in [5, 5.41) is 9.24. The lowest BCUT2D eigenvalue weighted by Gasteiger charge is -2.36. The quantitative estimate of drug-likeness (QED) is 0.695. The minimum absolute atomic E-state index is 0.0632. The monoisotopic (exact) mass is 398 g/mol. The van der Waals surface area contributed by atoms with Gasteiger partial charge in [-0.15, -0.1) is 4.40 Å². The SMILES string of the molecule is N#Cc1cccnc1N1CCN(C(=O)C2=CN3CCS(=O)(=O)N=C3C=C2)CC1. The molecule has 0 radical (unpaired) electrons. The largest absolute Gasteiger partial charge is 0.352 e. The maximum Gasteiger partial charge on any atom is 0.256 e. The summed E-state index contributed by atoms with van der Waals surface area (Å²) in [5.74, 6) is 0.813. The van der Waals surface area contributed by atoms with Crippen LogP contribution in [0.25, 0.3) is 0 Å². The Labute approximate surface area is 162 Å². The maximum atomic E-state index is 12.9. The topological polar surface area (TPSA) is 110 Å². The van der Waals surface area contributed by atoms with E-state index in [9.17, 15) is 18.5 Å². The van der Waals surface area contributed by atoms with Crippen LogP contribution in [-0.4, -0.2) is 73.4 Å². The van der Waals surface area contributed by atoms with Crippen LogP contribution in [0.3, 0.4) is 0 Å². The lowest BCUT2D eigenvalue weighted by Crippen LogP contribution is -2.50. The van der Waals surface area contributed by atoms with E-state index in [2.05, 4.69) is 15.5 Å². The number of piperazine rings is 1. The van der Waals surface area contributed by atoms with Crippen molar-refractivity contribution in [3.63, 3.8) is 0 Å². The van der Waals surface area contributed by atoms with Gasteiger partial charge in [-0.05, 0) is 24.3 Å². The van der Waals surface area contributed by atoms with Crippen molar-refractivity contribution in [3.05, 3.63) is 47.8 Å². The molecule has 1 amide bonds. The Morgan fingerprint density at radius 2 is 1.93 bits per heavy atom. The average Bonchev–Trinajstić information content (AvgIpc) is 2.72. The van der Waals surface area contributed by atoms with Gasteiger partial charge in [-0.25, -0.2) is 13.4 Å². The van der Waals surface area contributed by atoms with Crippen molar-refractivity contribution in [1.82, 2.24) is 14.8 Å². The summed E-state index contributed by atoms with van der Waals surface area (Å²) in [6.07, 6.45) is 6.49. The first-order valence-electron chi connectivity index (χ1n) is 8.85. The number of nitrogens with zero attached hydrogens (tertiary/aromatic N) is 6. The molecule has 28 heavy (non-hydrogen) atoms. The zero-order valence-corrected chi connectivity index (χ0v) is 15.8. The Hall–Kier alpha value is -3.19. The molecule has 9 nitrogen and oxygen atoms in total. The van der Waals surface area contributed by atoms with Gasteiger partial charge in [0.15, 0.2) is 0 Å². The number of anilines is 1. The van der Waals surface area contributed by atoms with E-state index in [4.69, 9.17) is 0 Å². The lowest BCUT2D eigenvalue weighted by atomic mass is 10.1. The molecule has 1 aromatic rings. The highest BCUT2D eigenvalue weighted by atomic mass is 32.2. The second-order valence-electron chi connectivity index (χ2n) is 6.61. The molecule has 144 valence electrons. The molecule has 0 unspecified atom stereocenters. The van der Waals surface area contributed by atoms with Gasteiger partial charge >= 0.3 is 0 Å². The number of fused-ring (bicyclic) bond motifs is 1. The first-order valence-corrected chi connectivity index (χ1v) is 10.5. The number of hydrogen-bond donors (Lipinski definition) is 0. The van der Waals surface area contributed by atoms with Crippen molar-refractivity contribution in [2.24, 2.45) is 4.40 Å². The van der Waals surface area contributed by atoms with Crippen LogP contribution in [0.5, 0.6) is 0 Å². The van der Waals surface area contributed by atoms with E-state index >= 15 is 0 Å². The van der Waals surface area contributed by atoms with Gasteiger partial charge in [-0.2, -0.15) is 5.26 Å². The third-order valence-electron chi connectivity index (χ3n) is 4.84. The number of pyridine rings is 1. The van der Waals surface area contributed by atoms with Crippen LogP contribution in [0.15, 0.2) is 46.7 Å². The fourth-order valence-corrected chi connectivity index (χ4v) is 4.34. The number of carbonyl (C=O) groups excluding carboxylic acids is 1. The molecule has 0 aromatic carbocycles. The number of rotatable bonds is 2. The first kappa shape index (κ1) is 18.2. The van der Waals surface area contributed by atoms with Crippen LogP contribution in [0, 0.1) is 11.3 Å². The van der Waals surface area contributed by atoms with Crippen LogP contribution in [-0.2, 0) is 14.8 Å². The molecule has 0 N–H and O–H groups in total. The molecule has 4 rings (SSSR count). The Balaban J connectivity index is 1.43. The van der Waals surface area contributed by atoms with E-state index in [0.717, 1.165) is 0 Å². The standard InChI is InChI=1S/C18H18N6O3S/c19-12-14-2-1-5-20-17(14)22-6-8-23(9-7-22)18(25)15-3-4-16-21-28(26,27)11-10-24(16)13-15/h1-5,13H,6-11H2.